The summed E-state index contributed by atoms with van der Waals surface area (Å²) in [6, 6.07) is 17.5. The van der Waals surface area contributed by atoms with Crippen LogP contribution in [0.5, 0.6) is 0 Å². The van der Waals surface area contributed by atoms with Crippen LogP contribution in [0.15, 0.2) is 54.6 Å². The summed E-state index contributed by atoms with van der Waals surface area (Å²) in [5, 5.41) is 8.34. The Balaban J connectivity index is 1.90. The number of ether oxygens (including phenoxy) is 1. The zero-order valence-electron chi connectivity index (χ0n) is 17.7. The summed E-state index contributed by atoms with van der Waals surface area (Å²) < 4.78 is 6.48. The van der Waals surface area contributed by atoms with Crippen molar-refractivity contribution in [1.82, 2.24) is 19.9 Å². The van der Waals surface area contributed by atoms with Gasteiger partial charge >= 0.3 is 5.97 Å². The van der Waals surface area contributed by atoms with Gasteiger partial charge < -0.3 is 9.64 Å². The molecule has 0 aliphatic heterocycles. The SMILES string of the molecule is COC(=O)C(C)CN(Cc1ccccc1)C(=O)c1nnn(-c2ccc(C)cc2)c1C. The highest BCUT2D eigenvalue weighted by Gasteiger charge is 2.27. The molecule has 0 radical (unpaired) electrons. The quantitative estimate of drug-likeness (QED) is 0.563. The number of aryl methyl sites for hydroxylation is 1. The molecule has 0 aliphatic carbocycles. The van der Waals surface area contributed by atoms with Crippen molar-refractivity contribution >= 4 is 11.9 Å². The molecule has 0 aliphatic rings. The Hall–Kier alpha value is -3.48. The fourth-order valence-corrected chi connectivity index (χ4v) is 3.24. The Morgan fingerprint density at radius 1 is 1.07 bits per heavy atom. The molecule has 1 amide bonds. The molecule has 0 spiro atoms. The highest BCUT2D eigenvalue weighted by molar-refractivity contribution is 5.93. The second-order valence-electron chi connectivity index (χ2n) is 7.37. The van der Waals surface area contributed by atoms with Crippen molar-refractivity contribution in [2.75, 3.05) is 13.7 Å². The third kappa shape index (κ3) is 4.74. The van der Waals surface area contributed by atoms with Gasteiger partial charge in [0.1, 0.15) is 0 Å². The molecule has 7 nitrogen and oxygen atoms in total. The Labute approximate surface area is 176 Å². The zero-order valence-corrected chi connectivity index (χ0v) is 17.7. The van der Waals surface area contributed by atoms with E-state index in [0.717, 1.165) is 16.8 Å². The number of carbonyl (C=O) groups excluding carboxylic acids is 2. The third-order valence-electron chi connectivity index (χ3n) is 4.98. The number of benzene rings is 2. The van der Waals surface area contributed by atoms with E-state index in [1.165, 1.54) is 7.11 Å². The van der Waals surface area contributed by atoms with Gasteiger partial charge in [0.15, 0.2) is 5.69 Å². The second kappa shape index (κ2) is 9.35. The van der Waals surface area contributed by atoms with Crippen LogP contribution in [-0.4, -0.2) is 45.4 Å². The van der Waals surface area contributed by atoms with Crippen LogP contribution in [0.25, 0.3) is 5.69 Å². The minimum atomic E-state index is -0.463. The first kappa shape index (κ1) is 21.2. The largest absolute Gasteiger partial charge is 0.469 e. The first-order valence-electron chi connectivity index (χ1n) is 9.81. The highest BCUT2D eigenvalue weighted by Crippen LogP contribution is 2.17. The zero-order chi connectivity index (χ0) is 21.7. The van der Waals surface area contributed by atoms with Crippen molar-refractivity contribution < 1.29 is 14.3 Å². The summed E-state index contributed by atoms with van der Waals surface area (Å²) in [7, 11) is 1.35. The molecule has 156 valence electrons. The molecule has 0 fully saturated rings. The van der Waals surface area contributed by atoms with E-state index in [0.29, 0.717) is 12.2 Å². The average Bonchev–Trinajstić information content (AvgIpc) is 3.14. The number of hydrogen-bond acceptors (Lipinski definition) is 5. The molecular formula is C23H26N4O3. The third-order valence-corrected chi connectivity index (χ3v) is 4.98. The summed E-state index contributed by atoms with van der Waals surface area (Å²) in [5.41, 5.74) is 3.85. The molecule has 0 N–H and O–H groups in total. The van der Waals surface area contributed by atoms with Gasteiger partial charge in [-0.15, -0.1) is 5.10 Å². The summed E-state index contributed by atoms with van der Waals surface area (Å²) in [4.78, 5) is 26.9. The van der Waals surface area contributed by atoms with Crippen LogP contribution in [0, 0.1) is 19.8 Å². The number of esters is 1. The number of hydrogen-bond donors (Lipinski definition) is 0. The van der Waals surface area contributed by atoms with Crippen molar-refractivity contribution in [3.8, 4) is 5.69 Å². The molecule has 7 heteroatoms. The number of nitrogens with zero attached hydrogens (tertiary/aromatic N) is 4. The van der Waals surface area contributed by atoms with Gasteiger partial charge in [0.05, 0.1) is 24.4 Å². The maximum absolute atomic E-state index is 13.4. The summed E-state index contributed by atoms with van der Waals surface area (Å²) in [5.74, 6) is -1.10. The predicted molar refractivity (Wildman–Crippen MR) is 113 cm³/mol. The monoisotopic (exact) mass is 406 g/mol. The maximum Gasteiger partial charge on any atom is 0.310 e. The van der Waals surface area contributed by atoms with Crippen LogP contribution in [0.4, 0.5) is 0 Å². The molecular weight excluding hydrogens is 380 g/mol. The lowest BCUT2D eigenvalue weighted by Crippen LogP contribution is -2.37. The molecule has 1 aromatic heterocycles. The minimum absolute atomic E-state index is 0.219. The Morgan fingerprint density at radius 2 is 1.73 bits per heavy atom. The van der Waals surface area contributed by atoms with Crippen molar-refractivity contribution in [1.29, 1.82) is 0 Å². The maximum atomic E-state index is 13.4. The second-order valence-corrected chi connectivity index (χ2v) is 7.37. The Morgan fingerprint density at radius 3 is 2.37 bits per heavy atom. The fraction of sp³-hybridized carbons (Fsp3) is 0.304. The van der Waals surface area contributed by atoms with Gasteiger partial charge in [-0.25, -0.2) is 4.68 Å². The van der Waals surface area contributed by atoms with Crippen molar-refractivity contribution in [2.45, 2.75) is 27.3 Å². The standard InChI is InChI=1S/C23H26N4O3/c1-16-10-12-20(13-11-16)27-18(3)21(24-25-27)22(28)26(14-17(2)23(29)30-4)15-19-8-6-5-7-9-19/h5-13,17H,14-15H2,1-4H3. The molecule has 0 saturated heterocycles. The average molecular weight is 406 g/mol. The fourth-order valence-electron chi connectivity index (χ4n) is 3.24. The summed E-state index contributed by atoms with van der Waals surface area (Å²) in [6.45, 7) is 6.15. The lowest BCUT2D eigenvalue weighted by molar-refractivity contribution is -0.145. The molecule has 1 heterocycles. The van der Waals surface area contributed by atoms with Crippen LogP contribution in [-0.2, 0) is 16.1 Å². The van der Waals surface area contributed by atoms with E-state index >= 15 is 0 Å². The van der Waals surface area contributed by atoms with Crippen LogP contribution in [0.1, 0.15) is 34.2 Å². The van der Waals surface area contributed by atoms with Crippen LogP contribution < -0.4 is 0 Å². The first-order valence-corrected chi connectivity index (χ1v) is 9.81. The van der Waals surface area contributed by atoms with Gasteiger partial charge in [-0.3, -0.25) is 9.59 Å². The van der Waals surface area contributed by atoms with Gasteiger partial charge in [-0.2, -0.15) is 0 Å². The smallest absolute Gasteiger partial charge is 0.310 e. The van der Waals surface area contributed by atoms with E-state index in [-0.39, 0.29) is 24.1 Å². The van der Waals surface area contributed by atoms with E-state index < -0.39 is 5.92 Å². The lowest BCUT2D eigenvalue weighted by atomic mass is 10.1. The molecule has 1 unspecified atom stereocenters. The normalized spacial score (nSPS) is 11.7. The topological polar surface area (TPSA) is 77.3 Å². The van der Waals surface area contributed by atoms with E-state index in [1.54, 1.807) is 16.5 Å². The minimum Gasteiger partial charge on any atom is -0.469 e. The van der Waals surface area contributed by atoms with E-state index in [1.807, 2.05) is 68.4 Å². The molecule has 3 aromatic rings. The molecule has 2 aromatic carbocycles. The molecule has 0 saturated carbocycles. The Kier molecular flexibility index (Phi) is 6.61. The van der Waals surface area contributed by atoms with Crippen molar-refractivity contribution in [3.63, 3.8) is 0 Å². The van der Waals surface area contributed by atoms with Crippen molar-refractivity contribution in [3.05, 3.63) is 77.1 Å². The van der Waals surface area contributed by atoms with Crippen LogP contribution >= 0.6 is 0 Å². The van der Waals surface area contributed by atoms with Gasteiger partial charge in [0.25, 0.3) is 5.91 Å². The van der Waals surface area contributed by atoms with E-state index in [9.17, 15) is 9.59 Å². The lowest BCUT2D eigenvalue weighted by Gasteiger charge is -2.24. The van der Waals surface area contributed by atoms with Gasteiger partial charge in [0.2, 0.25) is 0 Å². The van der Waals surface area contributed by atoms with Crippen LogP contribution in [0.2, 0.25) is 0 Å². The van der Waals surface area contributed by atoms with E-state index in [4.69, 9.17) is 4.74 Å². The Bertz CT molecular complexity index is 1010. The van der Waals surface area contributed by atoms with Gasteiger partial charge in [-0.05, 0) is 31.5 Å². The number of rotatable bonds is 7. The van der Waals surface area contributed by atoms with Gasteiger partial charge in [0, 0.05) is 13.1 Å². The summed E-state index contributed by atoms with van der Waals surface area (Å²) in [6.07, 6.45) is 0. The van der Waals surface area contributed by atoms with Crippen molar-refractivity contribution in [2.24, 2.45) is 5.92 Å². The molecule has 1 atom stereocenters. The molecule has 0 bridgehead atoms. The number of carbonyl (C=O) groups is 2. The molecule has 3 rings (SSSR count). The number of amides is 1. The number of methoxy groups -OCH3 is 1. The van der Waals surface area contributed by atoms with E-state index in [2.05, 4.69) is 10.3 Å². The van der Waals surface area contributed by atoms with Crippen LogP contribution in [0.3, 0.4) is 0 Å². The predicted octanol–water partition coefficient (Wildman–Crippen LogP) is 3.34. The molecule has 30 heavy (non-hydrogen) atoms. The van der Waals surface area contributed by atoms with Gasteiger partial charge in [-0.1, -0.05) is 60.2 Å². The highest BCUT2D eigenvalue weighted by atomic mass is 16.5. The summed E-state index contributed by atoms with van der Waals surface area (Å²) >= 11 is 0. The first-order chi connectivity index (χ1) is 14.4. The number of aromatic nitrogens is 3.